The largest absolute Gasteiger partial charge is 0.359 e. The molecule has 1 aromatic rings. The Morgan fingerprint density at radius 3 is 2.88 bits per heavy atom. The van der Waals surface area contributed by atoms with Gasteiger partial charge in [-0.25, -0.2) is 4.79 Å². The van der Waals surface area contributed by atoms with Crippen LogP contribution in [0.25, 0.3) is 0 Å². The van der Waals surface area contributed by atoms with Gasteiger partial charge in [0.1, 0.15) is 0 Å². The predicted molar refractivity (Wildman–Crippen MR) is 104 cm³/mol. The summed E-state index contributed by atoms with van der Waals surface area (Å²) in [5.74, 6) is 1.11. The second-order valence-electron chi connectivity index (χ2n) is 6.55. The van der Waals surface area contributed by atoms with Crippen LogP contribution in [-0.4, -0.2) is 64.8 Å². The Balaban J connectivity index is 1.68. The summed E-state index contributed by atoms with van der Waals surface area (Å²) in [5, 5.41) is 6.14. The van der Waals surface area contributed by atoms with Gasteiger partial charge >= 0.3 is 6.03 Å². The van der Waals surface area contributed by atoms with E-state index in [1.807, 2.05) is 17.9 Å². The monoisotopic (exact) mass is 398 g/mol. The zero-order valence-corrected chi connectivity index (χ0v) is 16.2. The van der Waals surface area contributed by atoms with Crippen molar-refractivity contribution in [3.05, 3.63) is 23.2 Å². The molecule has 0 aromatic heterocycles. The number of hydrogen-bond donors (Lipinski definition) is 2. The number of carbonyl (C=O) groups is 2. The molecule has 2 heterocycles. The summed E-state index contributed by atoms with van der Waals surface area (Å²) in [4.78, 5) is 27.8. The Bertz CT molecular complexity index is 730. The van der Waals surface area contributed by atoms with E-state index >= 15 is 0 Å². The molecule has 2 aliphatic rings. The summed E-state index contributed by atoms with van der Waals surface area (Å²) in [6, 6.07) is 5.13. The van der Waals surface area contributed by atoms with Crippen LogP contribution in [0, 0.1) is 0 Å². The van der Waals surface area contributed by atoms with Crippen molar-refractivity contribution in [2.45, 2.75) is 19.4 Å². The molecule has 2 saturated heterocycles. The van der Waals surface area contributed by atoms with Gasteiger partial charge in [-0.15, -0.1) is 0 Å². The molecule has 0 saturated carbocycles. The van der Waals surface area contributed by atoms with Crippen LogP contribution in [0.15, 0.2) is 18.2 Å². The van der Waals surface area contributed by atoms with E-state index in [1.54, 1.807) is 17.0 Å². The summed E-state index contributed by atoms with van der Waals surface area (Å²) in [5.41, 5.74) is 1.38. The summed E-state index contributed by atoms with van der Waals surface area (Å²) in [6.45, 7) is 4.00. The van der Waals surface area contributed by atoms with Gasteiger partial charge in [0.2, 0.25) is 5.91 Å². The number of nitrogens with one attached hydrogen (secondary N) is 2. The number of urea groups is 1. The van der Waals surface area contributed by atoms with E-state index < -0.39 is 10.8 Å². The van der Waals surface area contributed by atoms with Crippen LogP contribution < -0.4 is 15.5 Å². The summed E-state index contributed by atoms with van der Waals surface area (Å²) in [7, 11) is -0.856. The van der Waals surface area contributed by atoms with Crippen LogP contribution in [0.3, 0.4) is 0 Å². The van der Waals surface area contributed by atoms with E-state index in [4.69, 9.17) is 11.6 Å². The van der Waals surface area contributed by atoms with E-state index in [0.29, 0.717) is 41.8 Å². The molecule has 2 N–H and O–H groups in total. The number of amides is 3. The fourth-order valence-corrected chi connectivity index (χ4v) is 4.67. The van der Waals surface area contributed by atoms with Crippen molar-refractivity contribution in [3.8, 4) is 0 Å². The van der Waals surface area contributed by atoms with Crippen molar-refractivity contribution in [2.75, 3.05) is 47.9 Å². The van der Waals surface area contributed by atoms with Crippen molar-refractivity contribution in [3.63, 3.8) is 0 Å². The van der Waals surface area contributed by atoms with Crippen molar-refractivity contribution in [2.24, 2.45) is 0 Å². The molecule has 26 heavy (non-hydrogen) atoms. The fourth-order valence-electron chi connectivity index (χ4n) is 3.16. The molecule has 1 aromatic carbocycles. The minimum absolute atomic E-state index is 0.0303. The van der Waals surface area contributed by atoms with E-state index in [9.17, 15) is 13.8 Å². The molecule has 7 nitrogen and oxygen atoms in total. The van der Waals surface area contributed by atoms with Gasteiger partial charge < -0.3 is 20.4 Å². The maximum Gasteiger partial charge on any atom is 0.322 e. The first-order chi connectivity index (χ1) is 12.4. The lowest BCUT2D eigenvalue weighted by Gasteiger charge is -2.30. The first kappa shape index (κ1) is 19.0. The summed E-state index contributed by atoms with van der Waals surface area (Å²) >= 11 is 6.38. The van der Waals surface area contributed by atoms with Gasteiger partial charge in [0.25, 0.3) is 0 Å². The molecule has 0 aliphatic carbocycles. The fraction of sp³-hybridized carbons (Fsp3) is 0.529. The van der Waals surface area contributed by atoms with Crippen LogP contribution in [0.4, 0.5) is 16.2 Å². The van der Waals surface area contributed by atoms with Crippen LogP contribution in [0.5, 0.6) is 0 Å². The molecule has 2 fully saturated rings. The molecule has 0 bridgehead atoms. The van der Waals surface area contributed by atoms with Crippen molar-refractivity contribution in [1.82, 2.24) is 10.2 Å². The van der Waals surface area contributed by atoms with E-state index in [2.05, 4.69) is 10.6 Å². The molecule has 2 aliphatic heterocycles. The highest BCUT2D eigenvalue weighted by Crippen LogP contribution is 2.29. The van der Waals surface area contributed by atoms with Gasteiger partial charge in [0, 0.05) is 53.7 Å². The van der Waals surface area contributed by atoms with Crippen molar-refractivity contribution < 1.29 is 13.8 Å². The van der Waals surface area contributed by atoms with Crippen LogP contribution in [0.2, 0.25) is 5.02 Å². The van der Waals surface area contributed by atoms with Gasteiger partial charge in [-0.1, -0.05) is 11.6 Å². The van der Waals surface area contributed by atoms with Crippen molar-refractivity contribution in [1.29, 1.82) is 0 Å². The van der Waals surface area contributed by atoms with Gasteiger partial charge in [0.15, 0.2) is 0 Å². The van der Waals surface area contributed by atoms with Crippen molar-refractivity contribution >= 4 is 45.7 Å². The SMILES string of the molecule is C[C@@H]1CC[S@@](=O)CCN1C(=O)Nc1ccc(N2CCNC(=O)C2)c(Cl)c1. The molecule has 3 amide bonds. The molecule has 0 radical (unpaired) electrons. The molecule has 9 heteroatoms. The van der Waals surface area contributed by atoms with Gasteiger partial charge in [0.05, 0.1) is 17.3 Å². The molecule has 0 unspecified atom stereocenters. The number of anilines is 2. The second kappa shape index (κ2) is 8.26. The summed E-state index contributed by atoms with van der Waals surface area (Å²) < 4.78 is 11.7. The maximum atomic E-state index is 12.6. The minimum Gasteiger partial charge on any atom is -0.359 e. The highest BCUT2D eigenvalue weighted by molar-refractivity contribution is 7.85. The zero-order valence-electron chi connectivity index (χ0n) is 14.7. The Morgan fingerprint density at radius 2 is 2.15 bits per heavy atom. The minimum atomic E-state index is -0.856. The number of nitrogens with zero attached hydrogens (tertiary/aromatic N) is 2. The van der Waals surface area contributed by atoms with Gasteiger partial charge in [-0.2, -0.15) is 0 Å². The number of rotatable bonds is 2. The molecular formula is C17H23ClN4O3S. The second-order valence-corrected chi connectivity index (χ2v) is 8.65. The lowest BCUT2D eigenvalue weighted by molar-refractivity contribution is -0.120. The molecular weight excluding hydrogens is 376 g/mol. The number of carbonyl (C=O) groups excluding carboxylic acids is 2. The topological polar surface area (TPSA) is 81.8 Å². The molecule has 142 valence electrons. The van der Waals surface area contributed by atoms with Crippen LogP contribution in [-0.2, 0) is 15.6 Å². The lowest BCUT2D eigenvalue weighted by atomic mass is 10.2. The normalized spacial score (nSPS) is 24.0. The van der Waals surface area contributed by atoms with E-state index in [0.717, 1.165) is 12.1 Å². The first-order valence-electron chi connectivity index (χ1n) is 8.68. The standard InChI is InChI=1S/C17H23ClN4O3S/c1-12-4-8-26(25)9-7-22(12)17(24)20-13-2-3-15(14(18)10-13)21-6-5-19-16(23)11-21/h2-3,10,12H,4-9,11H2,1H3,(H,19,23)(H,20,24)/t12-,26-/m1/s1. The number of benzene rings is 1. The van der Waals surface area contributed by atoms with Crippen LogP contribution >= 0.6 is 11.6 Å². The first-order valence-corrected chi connectivity index (χ1v) is 10.5. The van der Waals surface area contributed by atoms with Gasteiger partial charge in [-0.05, 0) is 31.5 Å². The van der Waals surface area contributed by atoms with E-state index in [1.165, 1.54) is 0 Å². The highest BCUT2D eigenvalue weighted by atomic mass is 35.5. The Kier molecular flexibility index (Phi) is 6.03. The van der Waals surface area contributed by atoms with Gasteiger partial charge in [-0.3, -0.25) is 9.00 Å². The van der Waals surface area contributed by atoms with Crippen LogP contribution in [0.1, 0.15) is 13.3 Å². The third-order valence-corrected chi connectivity index (χ3v) is 6.33. The predicted octanol–water partition coefficient (Wildman–Crippen LogP) is 1.65. The molecule has 0 spiro atoms. The maximum absolute atomic E-state index is 12.6. The molecule has 2 atom stereocenters. The highest BCUT2D eigenvalue weighted by Gasteiger charge is 2.25. The Labute approximate surface area is 160 Å². The number of hydrogen-bond acceptors (Lipinski definition) is 4. The Hall–Kier alpha value is -1.80. The number of halogens is 1. The lowest BCUT2D eigenvalue weighted by Crippen LogP contribution is -2.47. The number of piperazine rings is 1. The third-order valence-electron chi connectivity index (χ3n) is 4.69. The summed E-state index contributed by atoms with van der Waals surface area (Å²) in [6.07, 6.45) is 0.733. The quantitative estimate of drug-likeness (QED) is 0.793. The zero-order chi connectivity index (χ0) is 18.7. The average molecular weight is 399 g/mol. The third kappa shape index (κ3) is 4.48. The van der Waals surface area contributed by atoms with E-state index in [-0.39, 0.29) is 24.5 Å². The smallest absolute Gasteiger partial charge is 0.322 e. The Morgan fingerprint density at radius 1 is 1.35 bits per heavy atom. The average Bonchev–Trinajstić information content (AvgIpc) is 2.76. The molecule has 3 rings (SSSR count).